The Hall–Kier alpha value is -2.11. The van der Waals surface area contributed by atoms with Crippen molar-refractivity contribution in [2.24, 2.45) is 11.7 Å². The average molecular weight is 266 g/mol. The van der Waals surface area contributed by atoms with Crippen molar-refractivity contribution >= 4 is 11.8 Å². The summed E-state index contributed by atoms with van der Waals surface area (Å²) in [6.07, 6.45) is 0.0981. The number of amides is 2. The lowest BCUT2D eigenvalue weighted by Gasteiger charge is -2.17. The van der Waals surface area contributed by atoms with Gasteiger partial charge in [0.2, 0.25) is 11.8 Å². The van der Waals surface area contributed by atoms with Crippen LogP contribution in [0.1, 0.15) is 12.0 Å². The summed E-state index contributed by atoms with van der Waals surface area (Å²) in [7, 11) is 1.38. The van der Waals surface area contributed by atoms with Gasteiger partial charge in [0.25, 0.3) is 0 Å². The largest absolute Gasteiger partial charge is 0.494 e. The molecule has 19 heavy (non-hydrogen) atoms. The Kier molecular flexibility index (Phi) is 3.69. The van der Waals surface area contributed by atoms with E-state index in [4.69, 9.17) is 10.5 Å². The number of carbonyl (C=O) groups is 2. The second kappa shape index (κ2) is 5.26. The molecule has 0 aromatic heterocycles. The lowest BCUT2D eigenvalue weighted by molar-refractivity contribution is -0.128. The van der Waals surface area contributed by atoms with E-state index < -0.39 is 17.6 Å². The molecule has 2 amide bonds. The van der Waals surface area contributed by atoms with Crippen molar-refractivity contribution in [3.05, 3.63) is 29.6 Å². The first-order chi connectivity index (χ1) is 9.02. The predicted octanol–water partition coefficient (Wildman–Crippen LogP) is 0.668. The van der Waals surface area contributed by atoms with E-state index in [1.165, 1.54) is 18.1 Å². The molecule has 1 aromatic rings. The number of benzene rings is 1. The van der Waals surface area contributed by atoms with Gasteiger partial charge in [-0.05, 0) is 6.07 Å². The molecule has 0 saturated carbocycles. The summed E-state index contributed by atoms with van der Waals surface area (Å²) in [6.45, 7) is 0.358. The van der Waals surface area contributed by atoms with Crippen LogP contribution in [0.4, 0.5) is 4.39 Å². The zero-order valence-corrected chi connectivity index (χ0v) is 10.6. The highest BCUT2D eigenvalue weighted by Gasteiger charge is 2.33. The van der Waals surface area contributed by atoms with E-state index in [9.17, 15) is 14.0 Å². The summed E-state index contributed by atoms with van der Waals surface area (Å²) >= 11 is 0. The van der Waals surface area contributed by atoms with Crippen molar-refractivity contribution in [2.75, 3.05) is 13.7 Å². The van der Waals surface area contributed by atoms with Crippen LogP contribution in [0.15, 0.2) is 18.2 Å². The molecule has 1 atom stereocenters. The number of rotatable bonds is 4. The lowest BCUT2D eigenvalue weighted by Crippen LogP contribution is -2.28. The normalized spacial score (nSPS) is 18.7. The molecule has 0 bridgehead atoms. The summed E-state index contributed by atoms with van der Waals surface area (Å²) in [5, 5.41) is 0. The maximum atomic E-state index is 14.0. The summed E-state index contributed by atoms with van der Waals surface area (Å²) < 4.78 is 18.8. The van der Waals surface area contributed by atoms with Crippen LogP contribution in [0, 0.1) is 11.7 Å². The van der Waals surface area contributed by atoms with Gasteiger partial charge in [0.1, 0.15) is 0 Å². The Labute approximate surface area is 110 Å². The van der Waals surface area contributed by atoms with Gasteiger partial charge in [-0.3, -0.25) is 9.59 Å². The minimum atomic E-state index is -0.498. The molecule has 1 aliphatic heterocycles. The van der Waals surface area contributed by atoms with Crippen LogP contribution in [0.2, 0.25) is 0 Å². The topological polar surface area (TPSA) is 72.6 Å². The van der Waals surface area contributed by atoms with Crippen LogP contribution in [-0.2, 0) is 16.1 Å². The van der Waals surface area contributed by atoms with Gasteiger partial charge >= 0.3 is 0 Å². The molecule has 1 heterocycles. The molecule has 1 fully saturated rings. The molecule has 1 aromatic carbocycles. The van der Waals surface area contributed by atoms with Gasteiger partial charge in [-0.15, -0.1) is 0 Å². The minimum absolute atomic E-state index is 0.0981. The van der Waals surface area contributed by atoms with Gasteiger partial charge in [0.15, 0.2) is 11.6 Å². The Morgan fingerprint density at radius 2 is 2.32 bits per heavy atom. The number of hydrogen-bond acceptors (Lipinski definition) is 3. The van der Waals surface area contributed by atoms with Gasteiger partial charge in [0, 0.05) is 25.1 Å². The minimum Gasteiger partial charge on any atom is -0.494 e. The monoisotopic (exact) mass is 266 g/mol. The van der Waals surface area contributed by atoms with Gasteiger partial charge in [-0.2, -0.15) is 0 Å². The molecule has 1 aliphatic rings. The number of hydrogen-bond donors (Lipinski definition) is 1. The highest BCUT2D eigenvalue weighted by Crippen LogP contribution is 2.24. The third kappa shape index (κ3) is 2.67. The number of primary amides is 1. The van der Waals surface area contributed by atoms with Crippen molar-refractivity contribution in [1.82, 2.24) is 4.90 Å². The molecule has 1 unspecified atom stereocenters. The Morgan fingerprint density at radius 3 is 2.89 bits per heavy atom. The number of halogens is 1. The highest BCUT2D eigenvalue weighted by molar-refractivity contribution is 5.88. The summed E-state index contributed by atoms with van der Waals surface area (Å²) in [5.74, 6) is -1.52. The Balaban J connectivity index is 2.14. The zero-order valence-electron chi connectivity index (χ0n) is 10.6. The molecule has 6 heteroatoms. The van der Waals surface area contributed by atoms with Crippen molar-refractivity contribution in [2.45, 2.75) is 13.0 Å². The van der Waals surface area contributed by atoms with Crippen LogP contribution < -0.4 is 10.5 Å². The SMILES string of the molecule is COc1cccc(CN2CC(C(N)=O)CC2=O)c1F. The van der Waals surface area contributed by atoms with Crippen LogP contribution in [-0.4, -0.2) is 30.4 Å². The third-order valence-electron chi connectivity index (χ3n) is 3.24. The number of nitrogens with zero attached hydrogens (tertiary/aromatic N) is 1. The molecular formula is C13H15FN2O3. The fourth-order valence-electron chi connectivity index (χ4n) is 2.16. The molecule has 0 radical (unpaired) electrons. The van der Waals surface area contributed by atoms with Gasteiger partial charge in [0.05, 0.1) is 13.0 Å². The lowest BCUT2D eigenvalue weighted by atomic mass is 10.1. The molecule has 0 aliphatic carbocycles. The second-order valence-electron chi connectivity index (χ2n) is 4.51. The van der Waals surface area contributed by atoms with Crippen molar-refractivity contribution in [3.63, 3.8) is 0 Å². The first-order valence-electron chi connectivity index (χ1n) is 5.91. The van der Waals surface area contributed by atoms with E-state index in [1.807, 2.05) is 0 Å². The van der Waals surface area contributed by atoms with E-state index in [0.717, 1.165) is 0 Å². The highest BCUT2D eigenvalue weighted by atomic mass is 19.1. The van der Waals surface area contributed by atoms with Crippen molar-refractivity contribution in [1.29, 1.82) is 0 Å². The number of nitrogens with two attached hydrogens (primary N) is 1. The van der Waals surface area contributed by atoms with Crippen LogP contribution >= 0.6 is 0 Å². The number of methoxy groups -OCH3 is 1. The molecular weight excluding hydrogens is 251 g/mol. The number of likely N-dealkylation sites (tertiary alicyclic amines) is 1. The van der Waals surface area contributed by atoms with Gasteiger partial charge in [-0.1, -0.05) is 12.1 Å². The average Bonchev–Trinajstić information content (AvgIpc) is 2.74. The maximum absolute atomic E-state index is 14.0. The maximum Gasteiger partial charge on any atom is 0.223 e. The molecule has 5 nitrogen and oxygen atoms in total. The van der Waals surface area contributed by atoms with Gasteiger partial charge in [-0.25, -0.2) is 4.39 Å². The summed E-state index contributed by atoms with van der Waals surface area (Å²) in [4.78, 5) is 24.2. The van der Waals surface area contributed by atoms with E-state index in [2.05, 4.69) is 0 Å². The molecule has 2 N–H and O–H groups in total. The molecule has 0 spiro atoms. The van der Waals surface area contributed by atoms with E-state index in [0.29, 0.717) is 5.56 Å². The van der Waals surface area contributed by atoms with E-state index in [1.54, 1.807) is 12.1 Å². The zero-order chi connectivity index (χ0) is 14.0. The molecule has 102 valence electrons. The number of ether oxygens (including phenoxy) is 1. The van der Waals surface area contributed by atoms with E-state index >= 15 is 0 Å². The summed E-state index contributed by atoms with van der Waals surface area (Å²) in [6, 6.07) is 4.75. The fraction of sp³-hybridized carbons (Fsp3) is 0.385. The Morgan fingerprint density at radius 1 is 1.58 bits per heavy atom. The van der Waals surface area contributed by atoms with Crippen LogP contribution in [0.5, 0.6) is 5.75 Å². The van der Waals surface area contributed by atoms with E-state index in [-0.39, 0.29) is 31.2 Å². The molecule has 2 rings (SSSR count). The van der Waals surface area contributed by atoms with Crippen molar-refractivity contribution in [3.8, 4) is 5.75 Å². The predicted molar refractivity (Wildman–Crippen MR) is 65.7 cm³/mol. The van der Waals surface area contributed by atoms with Crippen LogP contribution in [0.3, 0.4) is 0 Å². The first kappa shape index (κ1) is 13.3. The number of carbonyl (C=O) groups excluding carboxylic acids is 2. The van der Waals surface area contributed by atoms with Crippen molar-refractivity contribution < 1.29 is 18.7 Å². The Bertz CT molecular complexity index is 519. The standard InChI is InChI=1S/C13H15FN2O3/c1-19-10-4-2-3-8(12(10)14)6-16-7-9(13(15)18)5-11(16)17/h2-4,9H,5-7H2,1H3,(H2,15,18). The summed E-state index contributed by atoms with van der Waals surface area (Å²) in [5.41, 5.74) is 5.54. The third-order valence-corrected chi connectivity index (χ3v) is 3.24. The second-order valence-corrected chi connectivity index (χ2v) is 4.51. The fourth-order valence-corrected chi connectivity index (χ4v) is 2.16. The van der Waals surface area contributed by atoms with Crippen LogP contribution in [0.25, 0.3) is 0 Å². The first-order valence-corrected chi connectivity index (χ1v) is 5.91. The van der Waals surface area contributed by atoms with Gasteiger partial charge < -0.3 is 15.4 Å². The smallest absolute Gasteiger partial charge is 0.223 e. The quantitative estimate of drug-likeness (QED) is 0.870. The molecule has 1 saturated heterocycles.